The zero-order valence-electron chi connectivity index (χ0n) is 18.6. The van der Waals surface area contributed by atoms with Gasteiger partial charge in [0.15, 0.2) is 0 Å². The minimum Gasteiger partial charge on any atom is -0.457 e. The average molecular weight is 526 g/mol. The number of ether oxygens (including phenoxy) is 1. The molecule has 34 heavy (non-hydrogen) atoms. The van der Waals surface area contributed by atoms with Crippen LogP contribution in [0, 0.1) is 6.92 Å². The van der Waals surface area contributed by atoms with Crippen LogP contribution in [0.3, 0.4) is 0 Å². The van der Waals surface area contributed by atoms with E-state index in [1.54, 1.807) is 49.7 Å². The second-order valence-corrected chi connectivity index (χ2v) is 11.2. The SMILES string of the molecule is Cc1cc(CS[C@H](C)C(C(=O)NO)N(C)S(=O)(=O)c2ccc(Oc3ccc(Cl)cc3)cc2)no1. The van der Waals surface area contributed by atoms with Crippen molar-refractivity contribution in [3.05, 3.63) is 71.1 Å². The Morgan fingerprint density at radius 3 is 2.32 bits per heavy atom. The van der Waals surface area contributed by atoms with Gasteiger partial charge in [-0.15, -0.1) is 0 Å². The lowest BCUT2D eigenvalue weighted by Crippen LogP contribution is -2.51. The highest BCUT2D eigenvalue weighted by atomic mass is 35.5. The van der Waals surface area contributed by atoms with E-state index in [2.05, 4.69) is 5.16 Å². The molecule has 0 saturated heterocycles. The molecule has 9 nitrogen and oxygen atoms in total. The first kappa shape index (κ1) is 26.0. The Labute approximate surface area is 207 Å². The number of benzene rings is 2. The van der Waals surface area contributed by atoms with Crippen molar-refractivity contribution in [2.45, 2.75) is 35.8 Å². The summed E-state index contributed by atoms with van der Waals surface area (Å²) in [6.45, 7) is 3.46. The quantitative estimate of drug-likeness (QED) is 0.297. The Bertz CT molecular complexity index is 1220. The molecule has 1 aromatic heterocycles. The van der Waals surface area contributed by atoms with Gasteiger partial charge in [-0.25, -0.2) is 13.9 Å². The first-order valence-corrected chi connectivity index (χ1v) is 13.0. The summed E-state index contributed by atoms with van der Waals surface area (Å²) in [6, 6.07) is 13.1. The third-order valence-corrected chi connectivity index (χ3v) is 8.29. The number of thioether (sulfide) groups is 1. The summed E-state index contributed by atoms with van der Waals surface area (Å²) in [5.41, 5.74) is 2.24. The summed E-state index contributed by atoms with van der Waals surface area (Å²) in [4.78, 5) is 12.4. The molecule has 0 radical (unpaired) electrons. The Kier molecular flexibility index (Phi) is 8.61. The molecule has 3 rings (SSSR count). The van der Waals surface area contributed by atoms with Gasteiger partial charge in [0.25, 0.3) is 5.91 Å². The molecule has 2 N–H and O–H groups in total. The van der Waals surface area contributed by atoms with Gasteiger partial charge in [-0.05, 0) is 55.5 Å². The van der Waals surface area contributed by atoms with Crippen LogP contribution in [0.2, 0.25) is 5.02 Å². The number of hydrogen-bond donors (Lipinski definition) is 2. The second kappa shape index (κ2) is 11.2. The minimum atomic E-state index is -4.07. The maximum atomic E-state index is 13.3. The fraction of sp³-hybridized carbons (Fsp3) is 0.273. The summed E-state index contributed by atoms with van der Waals surface area (Å²) >= 11 is 7.18. The van der Waals surface area contributed by atoms with Crippen LogP contribution in [-0.2, 0) is 20.6 Å². The molecule has 0 fully saturated rings. The maximum Gasteiger partial charge on any atom is 0.262 e. The van der Waals surface area contributed by atoms with Crippen LogP contribution in [0.4, 0.5) is 0 Å². The molecule has 2 aromatic carbocycles. The van der Waals surface area contributed by atoms with Gasteiger partial charge in [0.05, 0.1) is 10.6 Å². The summed E-state index contributed by atoms with van der Waals surface area (Å²) < 4.78 is 38.2. The number of nitrogens with zero attached hydrogens (tertiary/aromatic N) is 2. The number of halogens is 1. The monoisotopic (exact) mass is 525 g/mol. The van der Waals surface area contributed by atoms with Crippen molar-refractivity contribution in [1.29, 1.82) is 0 Å². The molecule has 2 atom stereocenters. The zero-order valence-corrected chi connectivity index (χ0v) is 21.0. The molecular weight excluding hydrogens is 502 g/mol. The number of carbonyl (C=O) groups excluding carboxylic acids is 1. The largest absolute Gasteiger partial charge is 0.457 e. The van der Waals surface area contributed by atoms with Crippen LogP contribution < -0.4 is 10.2 Å². The van der Waals surface area contributed by atoms with E-state index in [4.69, 9.17) is 20.9 Å². The molecule has 182 valence electrons. The normalized spacial score (nSPS) is 13.5. The van der Waals surface area contributed by atoms with Crippen LogP contribution >= 0.6 is 23.4 Å². The number of aryl methyl sites for hydroxylation is 1. The summed E-state index contributed by atoms with van der Waals surface area (Å²) in [5, 5.41) is 13.2. The van der Waals surface area contributed by atoms with Crippen molar-refractivity contribution in [3.8, 4) is 11.5 Å². The minimum absolute atomic E-state index is 0.0291. The van der Waals surface area contributed by atoms with Gasteiger partial charge in [-0.2, -0.15) is 16.1 Å². The molecule has 0 bridgehead atoms. The van der Waals surface area contributed by atoms with E-state index < -0.39 is 27.2 Å². The third-order valence-electron chi connectivity index (χ3n) is 4.94. The van der Waals surface area contributed by atoms with Crippen LogP contribution in [0.25, 0.3) is 0 Å². The summed E-state index contributed by atoms with van der Waals surface area (Å²) in [7, 11) is -2.78. The molecule has 0 aliphatic heterocycles. The smallest absolute Gasteiger partial charge is 0.262 e. The van der Waals surface area contributed by atoms with E-state index in [0.29, 0.717) is 33.7 Å². The van der Waals surface area contributed by atoms with Gasteiger partial charge in [-0.3, -0.25) is 10.0 Å². The van der Waals surface area contributed by atoms with Crippen LogP contribution in [-0.4, -0.2) is 47.3 Å². The molecule has 1 unspecified atom stereocenters. The Balaban J connectivity index is 1.75. The van der Waals surface area contributed by atoms with Crippen LogP contribution in [0.15, 0.2) is 64.0 Å². The van der Waals surface area contributed by atoms with Crippen molar-refractivity contribution >= 4 is 39.3 Å². The predicted octanol–water partition coefficient (Wildman–Crippen LogP) is 4.25. The topological polar surface area (TPSA) is 122 Å². The highest BCUT2D eigenvalue weighted by molar-refractivity contribution is 7.99. The lowest BCUT2D eigenvalue weighted by Gasteiger charge is -2.30. The lowest BCUT2D eigenvalue weighted by molar-refractivity contribution is -0.132. The second-order valence-electron chi connectivity index (χ2n) is 7.41. The van der Waals surface area contributed by atoms with E-state index in [0.717, 1.165) is 4.31 Å². The molecule has 12 heteroatoms. The van der Waals surface area contributed by atoms with E-state index in [-0.39, 0.29) is 4.90 Å². The van der Waals surface area contributed by atoms with Gasteiger partial charge < -0.3 is 9.26 Å². The molecule has 0 aliphatic carbocycles. The molecular formula is C22H24ClN3O6S2. The van der Waals surface area contributed by atoms with Crippen molar-refractivity contribution in [1.82, 2.24) is 14.9 Å². The number of rotatable bonds is 10. The molecule has 0 spiro atoms. The van der Waals surface area contributed by atoms with Crippen molar-refractivity contribution < 1.29 is 27.7 Å². The van der Waals surface area contributed by atoms with Gasteiger partial charge in [0.1, 0.15) is 23.3 Å². The standard InChI is InChI=1S/C22H24ClN3O6S2/c1-14-12-17(25-32-14)13-33-15(2)21(22(27)24-28)26(3)34(29,30)20-10-8-19(9-11-20)31-18-6-4-16(23)5-7-18/h4-12,15,21,28H,13H2,1-3H3,(H,24,27)/t15-,21?/m1/s1. The number of likely N-dealkylation sites (N-methyl/N-ethyl adjacent to an activating group) is 1. The van der Waals surface area contributed by atoms with E-state index in [9.17, 15) is 18.4 Å². The van der Waals surface area contributed by atoms with Crippen molar-refractivity contribution in [3.63, 3.8) is 0 Å². The number of sulfonamides is 1. The Morgan fingerprint density at radius 2 is 1.79 bits per heavy atom. The van der Waals surface area contributed by atoms with Gasteiger partial charge in [0.2, 0.25) is 10.0 Å². The lowest BCUT2D eigenvalue weighted by atomic mass is 10.2. The number of aromatic nitrogens is 1. The van der Waals surface area contributed by atoms with Gasteiger partial charge >= 0.3 is 0 Å². The number of hydrogen-bond acceptors (Lipinski definition) is 8. The van der Waals surface area contributed by atoms with Crippen LogP contribution in [0.1, 0.15) is 18.4 Å². The highest BCUT2D eigenvalue weighted by Gasteiger charge is 2.37. The van der Waals surface area contributed by atoms with Crippen molar-refractivity contribution in [2.24, 2.45) is 0 Å². The number of hydroxylamine groups is 1. The van der Waals surface area contributed by atoms with Crippen molar-refractivity contribution in [2.75, 3.05) is 7.05 Å². The average Bonchev–Trinajstić information content (AvgIpc) is 3.24. The highest BCUT2D eigenvalue weighted by Crippen LogP contribution is 2.28. The molecule has 1 amide bonds. The van der Waals surface area contributed by atoms with Crippen LogP contribution in [0.5, 0.6) is 11.5 Å². The Hall–Kier alpha value is -2.57. The molecule has 0 saturated carbocycles. The predicted molar refractivity (Wildman–Crippen MR) is 129 cm³/mol. The van der Waals surface area contributed by atoms with E-state index >= 15 is 0 Å². The fourth-order valence-electron chi connectivity index (χ4n) is 3.17. The molecule has 0 aliphatic rings. The third kappa shape index (κ3) is 6.30. The molecule has 3 aromatic rings. The van der Waals surface area contributed by atoms with E-state index in [1.807, 2.05) is 0 Å². The van der Waals surface area contributed by atoms with E-state index in [1.165, 1.54) is 43.1 Å². The maximum absolute atomic E-state index is 13.3. The van der Waals surface area contributed by atoms with Gasteiger partial charge in [0, 0.05) is 29.1 Å². The van der Waals surface area contributed by atoms with Gasteiger partial charge in [-0.1, -0.05) is 23.7 Å². The molecule has 1 heterocycles. The number of nitrogens with one attached hydrogen (secondary N) is 1. The first-order valence-electron chi connectivity index (χ1n) is 10.1. The first-order chi connectivity index (χ1) is 16.1. The number of carbonyl (C=O) groups is 1. The zero-order chi connectivity index (χ0) is 24.9. The Morgan fingerprint density at radius 1 is 1.21 bits per heavy atom. The summed E-state index contributed by atoms with van der Waals surface area (Å²) in [5.74, 6) is 1.18. The fourth-order valence-corrected chi connectivity index (χ4v) is 5.82. The summed E-state index contributed by atoms with van der Waals surface area (Å²) in [6.07, 6.45) is 0. The number of amides is 1.